The summed E-state index contributed by atoms with van der Waals surface area (Å²) in [5, 5.41) is 5.93. The van der Waals surface area contributed by atoms with Crippen LogP contribution in [0.4, 0.5) is 11.4 Å². The maximum Gasteiger partial charge on any atom is 0.253 e. The van der Waals surface area contributed by atoms with E-state index in [1.807, 2.05) is 12.1 Å². The van der Waals surface area contributed by atoms with Gasteiger partial charge in [-0.25, -0.2) is 0 Å². The van der Waals surface area contributed by atoms with Gasteiger partial charge in [0.2, 0.25) is 0 Å². The number of benzene rings is 1. The van der Waals surface area contributed by atoms with Crippen molar-refractivity contribution in [1.29, 1.82) is 0 Å². The van der Waals surface area contributed by atoms with E-state index in [1.54, 1.807) is 6.08 Å². The van der Waals surface area contributed by atoms with Crippen LogP contribution in [0.3, 0.4) is 0 Å². The van der Waals surface area contributed by atoms with E-state index in [4.69, 9.17) is 4.74 Å². The average molecular weight is 383 g/mol. The quantitative estimate of drug-likeness (QED) is 0.353. The van der Waals surface area contributed by atoms with Crippen molar-refractivity contribution in [2.45, 2.75) is 32.2 Å². The van der Waals surface area contributed by atoms with Crippen LogP contribution in [-0.4, -0.2) is 37.7 Å². The Kier molecular flexibility index (Phi) is 7.25. The van der Waals surface area contributed by atoms with Crippen molar-refractivity contribution >= 4 is 11.4 Å². The number of ether oxygens (including phenoxy) is 1. The molecule has 0 saturated carbocycles. The van der Waals surface area contributed by atoms with Gasteiger partial charge >= 0.3 is 0 Å². The van der Waals surface area contributed by atoms with E-state index in [0.29, 0.717) is 31.1 Å². The predicted molar refractivity (Wildman–Crippen MR) is 114 cm³/mol. The molecule has 1 saturated heterocycles. The fraction of sp³-hybridized carbons (Fsp3) is 0.455. The second-order valence-corrected chi connectivity index (χ2v) is 7.19. The molecule has 1 fully saturated rings. The highest BCUT2D eigenvalue weighted by atomic mass is 16.5. The van der Waals surface area contributed by atoms with Crippen LogP contribution in [-0.2, 0) is 6.54 Å². The maximum atomic E-state index is 11.7. The fourth-order valence-electron chi connectivity index (χ4n) is 3.49. The van der Waals surface area contributed by atoms with Crippen molar-refractivity contribution in [3.05, 3.63) is 62.9 Å². The third-order valence-electron chi connectivity index (χ3n) is 4.98. The SMILES string of the molecule is C=CCNc1c(NCCCOc2cccc(CN3CCCCC3)c2)c(=O)c1=O. The minimum Gasteiger partial charge on any atom is -0.494 e. The van der Waals surface area contributed by atoms with Crippen LogP contribution < -0.4 is 26.2 Å². The first-order valence-corrected chi connectivity index (χ1v) is 10.0. The highest BCUT2D eigenvalue weighted by Crippen LogP contribution is 2.18. The van der Waals surface area contributed by atoms with Crippen LogP contribution in [0.2, 0.25) is 0 Å². The lowest BCUT2D eigenvalue weighted by Crippen LogP contribution is -2.37. The highest BCUT2D eigenvalue weighted by molar-refractivity contribution is 5.74. The van der Waals surface area contributed by atoms with E-state index in [-0.39, 0.29) is 0 Å². The lowest BCUT2D eigenvalue weighted by Gasteiger charge is -2.26. The van der Waals surface area contributed by atoms with Crippen molar-refractivity contribution in [2.75, 3.05) is 43.4 Å². The van der Waals surface area contributed by atoms with Crippen molar-refractivity contribution in [1.82, 2.24) is 4.90 Å². The topological polar surface area (TPSA) is 70.7 Å². The van der Waals surface area contributed by atoms with E-state index in [0.717, 1.165) is 18.7 Å². The van der Waals surface area contributed by atoms with Gasteiger partial charge in [0.05, 0.1) is 6.61 Å². The Hall–Kier alpha value is -2.60. The van der Waals surface area contributed by atoms with Gasteiger partial charge in [0.25, 0.3) is 10.9 Å². The number of hydrogen-bond donors (Lipinski definition) is 2. The van der Waals surface area contributed by atoms with Gasteiger partial charge in [0, 0.05) is 19.6 Å². The number of nitrogens with zero attached hydrogens (tertiary/aromatic N) is 1. The van der Waals surface area contributed by atoms with E-state index >= 15 is 0 Å². The van der Waals surface area contributed by atoms with Crippen molar-refractivity contribution in [2.24, 2.45) is 0 Å². The van der Waals surface area contributed by atoms with Crippen LogP contribution in [0.25, 0.3) is 0 Å². The Morgan fingerprint density at radius 1 is 1.07 bits per heavy atom. The largest absolute Gasteiger partial charge is 0.494 e. The van der Waals surface area contributed by atoms with Crippen molar-refractivity contribution in [3.63, 3.8) is 0 Å². The smallest absolute Gasteiger partial charge is 0.253 e. The second kappa shape index (κ2) is 10.1. The van der Waals surface area contributed by atoms with Gasteiger partial charge in [-0.1, -0.05) is 24.6 Å². The van der Waals surface area contributed by atoms with Crippen molar-refractivity contribution < 1.29 is 4.74 Å². The van der Waals surface area contributed by atoms with Crippen LogP contribution in [0.5, 0.6) is 5.75 Å². The Morgan fingerprint density at radius 3 is 2.57 bits per heavy atom. The molecular formula is C22H29N3O3. The lowest BCUT2D eigenvalue weighted by atomic mass is 10.1. The molecule has 0 aliphatic carbocycles. The lowest BCUT2D eigenvalue weighted by molar-refractivity contribution is 0.220. The molecule has 0 atom stereocenters. The summed E-state index contributed by atoms with van der Waals surface area (Å²) < 4.78 is 5.85. The molecule has 0 spiro atoms. The van der Waals surface area contributed by atoms with Gasteiger partial charge in [-0.3, -0.25) is 14.5 Å². The Morgan fingerprint density at radius 2 is 1.82 bits per heavy atom. The third kappa shape index (κ3) is 5.23. The van der Waals surface area contributed by atoms with Gasteiger partial charge in [-0.15, -0.1) is 6.58 Å². The summed E-state index contributed by atoms with van der Waals surface area (Å²) >= 11 is 0. The first-order valence-electron chi connectivity index (χ1n) is 10.0. The van der Waals surface area contributed by atoms with Crippen LogP contribution in [0.1, 0.15) is 31.2 Å². The second-order valence-electron chi connectivity index (χ2n) is 7.19. The van der Waals surface area contributed by atoms with E-state index in [1.165, 1.54) is 37.9 Å². The third-order valence-corrected chi connectivity index (χ3v) is 4.98. The molecule has 0 unspecified atom stereocenters. The molecule has 0 bridgehead atoms. The number of hydrogen-bond acceptors (Lipinski definition) is 6. The summed E-state index contributed by atoms with van der Waals surface area (Å²) in [7, 11) is 0. The maximum absolute atomic E-state index is 11.7. The van der Waals surface area contributed by atoms with Gasteiger partial charge in [0.15, 0.2) is 0 Å². The molecule has 1 heterocycles. The van der Waals surface area contributed by atoms with Gasteiger partial charge in [0.1, 0.15) is 17.1 Å². The molecule has 1 aliphatic rings. The van der Waals surface area contributed by atoms with Crippen LogP contribution in [0, 0.1) is 0 Å². The number of rotatable bonds is 11. The van der Waals surface area contributed by atoms with Crippen LogP contribution in [0.15, 0.2) is 46.5 Å². The summed E-state index contributed by atoms with van der Waals surface area (Å²) in [5.41, 5.74) is 1.08. The molecule has 2 aromatic carbocycles. The van der Waals surface area contributed by atoms with E-state index in [9.17, 15) is 9.59 Å². The normalized spacial score (nSPS) is 14.7. The zero-order chi connectivity index (χ0) is 19.8. The molecule has 6 nitrogen and oxygen atoms in total. The molecule has 28 heavy (non-hydrogen) atoms. The zero-order valence-corrected chi connectivity index (χ0v) is 16.3. The molecular weight excluding hydrogens is 354 g/mol. The molecule has 150 valence electrons. The molecule has 6 heteroatoms. The minimum absolute atomic E-state index is 0.358. The standard InChI is InChI=1S/C22H29N3O3/c1-2-10-23-19-20(22(27)21(19)26)24-11-7-14-28-18-9-6-8-17(15-18)16-25-12-4-3-5-13-25/h2,6,8-9,15,23-24H,1,3-5,7,10-14,16H2. The van der Waals surface area contributed by atoms with E-state index in [2.05, 4.69) is 34.2 Å². The number of nitrogens with one attached hydrogen (secondary N) is 2. The van der Waals surface area contributed by atoms with Gasteiger partial charge < -0.3 is 15.4 Å². The Balaban J connectivity index is 1.40. The van der Waals surface area contributed by atoms with Crippen LogP contribution >= 0.6 is 0 Å². The Labute approximate surface area is 165 Å². The number of likely N-dealkylation sites (tertiary alicyclic amines) is 1. The minimum atomic E-state index is -0.467. The van der Waals surface area contributed by atoms with Gasteiger partial charge in [-0.2, -0.15) is 0 Å². The predicted octanol–water partition coefficient (Wildman–Crippen LogP) is 2.75. The number of anilines is 2. The Bertz CT molecular complexity index is 849. The molecule has 3 rings (SSSR count). The molecule has 1 aliphatic heterocycles. The first-order chi connectivity index (χ1) is 13.7. The number of piperidine rings is 1. The highest BCUT2D eigenvalue weighted by Gasteiger charge is 2.19. The monoisotopic (exact) mass is 383 g/mol. The summed E-state index contributed by atoms with van der Waals surface area (Å²) in [6, 6.07) is 8.26. The molecule has 2 N–H and O–H groups in total. The summed E-state index contributed by atoms with van der Waals surface area (Å²) in [6.07, 6.45) is 6.30. The summed E-state index contributed by atoms with van der Waals surface area (Å²) in [5.74, 6) is 0.872. The van der Waals surface area contributed by atoms with E-state index < -0.39 is 10.9 Å². The average Bonchev–Trinajstić information content (AvgIpc) is 2.73. The van der Waals surface area contributed by atoms with Crippen molar-refractivity contribution in [3.8, 4) is 5.75 Å². The zero-order valence-electron chi connectivity index (χ0n) is 16.3. The van der Waals surface area contributed by atoms with Gasteiger partial charge in [-0.05, 0) is 50.0 Å². The molecule has 0 aromatic heterocycles. The summed E-state index contributed by atoms with van der Waals surface area (Å²) in [4.78, 5) is 25.7. The summed E-state index contributed by atoms with van der Waals surface area (Å²) in [6.45, 7) is 8.50. The molecule has 2 aromatic rings. The first kappa shape index (κ1) is 20.1. The molecule has 0 amide bonds. The molecule has 0 radical (unpaired) electrons. The fourth-order valence-corrected chi connectivity index (χ4v) is 3.49.